The Hall–Kier alpha value is -3.66. The van der Waals surface area contributed by atoms with Crippen molar-refractivity contribution in [2.45, 2.75) is 63.6 Å². The van der Waals surface area contributed by atoms with Crippen LogP contribution in [0.25, 0.3) is 11.0 Å². The summed E-state index contributed by atoms with van der Waals surface area (Å²) in [5, 5.41) is 21.3. The van der Waals surface area contributed by atoms with E-state index in [1.54, 1.807) is 4.90 Å². The fourth-order valence-corrected chi connectivity index (χ4v) is 6.05. The van der Waals surface area contributed by atoms with Gasteiger partial charge in [0.1, 0.15) is 23.5 Å². The molecule has 3 aromatic rings. The molecular weight excluding hydrogens is 493 g/mol. The summed E-state index contributed by atoms with van der Waals surface area (Å²) in [4.78, 5) is 31.0. The molecule has 2 aromatic carbocycles. The molecule has 10 heteroatoms. The van der Waals surface area contributed by atoms with Crippen LogP contribution in [0, 0.1) is 11.7 Å². The minimum absolute atomic E-state index is 0.0641. The third kappa shape index (κ3) is 4.36. The largest absolute Gasteiger partial charge is 0.496 e. The van der Waals surface area contributed by atoms with E-state index in [4.69, 9.17) is 14.5 Å². The monoisotopic (exact) mass is 525 g/mol. The maximum Gasteiger partial charge on any atom is 0.414 e. The Labute approximate surface area is 219 Å². The highest BCUT2D eigenvalue weighted by Gasteiger charge is 2.36. The second-order valence-electron chi connectivity index (χ2n) is 10.1. The number of benzene rings is 2. The molecule has 4 atom stereocenters. The first-order chi connectivity index (χ1) is 18.2. The predicted molar refractivity (Wildman–Crippen MR) is 138 cm³/mol. The lowest BCUT2D eigenvalue weighted by Gasteiger charge is -2.34. The van der Waals surface area contributed by atoms with Gasteiger partial charge in [-0.3, -0.25) is 9.69 Å². The fraction of sp³-hybridized carbons (Fsp3) is 0.464. The molecule has 2 heterocycles. The highest BCUT2D eigenvalue weighted by molar-refractivity contribution is 5.95. The third-order valence-electron chi connectivity index (χ3n) is 7.94. The second kappa shape index (κ2) is 10.2. The number of carbonyl (C=O) groups is 2. The lowest BCUT2D eigenvalue weighted by Crippen LogP contribution is -2.42. The first kappa shape index (κ1) is 26.0. The molecule has 0 saturated heterocycles. The van der Waals surface area contributed by atoms with Gasteiger partial charge in [-0.25, -0.2) is 14.2 Å². The number of amides is 1. The van der Waals surface area contributed by atoms with Crippen LogP contribution in [0.1, 0.15) is 68.1 Å². The van der Waals surface area contributed by atoms with Crippen LogP contribution in [0.4, 0.5) is 14.9 Å². The van der Waals surface area contributed by atoms with Crippen molar-refractivity contribution in [2.24, 2.45) is 5.92 Å². The molecular formula is C28H32FN3O6. The molecule has 0 spiro atoms. The molecule has 38 heavy (non-hydrogen) atoms. The van der Waals surface area contributed by atoms with Crippen LogP contribution in [-0.2, 0) is 16.0 Å². The molecule has 1 aliphatic heterocycles. The summed E-state index contributed by atoms with van der Waals surface area (Å²) in [5.41, 5.74) is 3.15. The average molecular weight is 526 g/mol. The standard InChI is InChI=1S/C28H32FN3O6/c1-15-7-9-19-21(31(15)28(36)38-3)10-11-22-24(19)30-26(25(33)20-14-17(29)8-12-23(20)37-2)32(22)18-6-4-5-16(13-18)27(34)35/h8,10-12,14-16,18,25,33H,4-7,9,13H2,1-3H3,(H,34,35)/t15?,16-,18?,25?/m0/s1. The fourth-order valence-electron chi connectivity index (χ4n) is 6.05. The van der Waals surface area contributed by atoms with Gasteiger partial charge in [0.2, 0.25) is 0 Å². The number of hydrogen-bond acceptors (Lipinski definition) is 6. The zero-order chi connectivity index (χ0) is 27.1. The number of halogens is 1. The van der Waals surface area contributed by atoms with Crippen LogP contribution in [-0.4, -0.2) is 52.1 Å². The van der Waals surface area contributed by atoms with Gasteiger partial charge < -0.3 is 24.3 Å². The number of aromatic nitrogens is 2. The molecule has 1 fully saturated rings. The zero-order valence-electron chi connectivity index (χ0n) is 21.7. The van der Waals surface area contributed by atoms with Gasteiger partial charge in [-0.15, -0.1) is 0 Å². The van der Waals surface area contributed by atoms with Gasteiger partial charge in [0.25, 0.3) is 0 Å². The highest BCUT2D eigenvalue weighted by atomic mass is 19.1. The Bertz CT molecular complexity index is 1390. The number of rotatable bonds is 5. The number of carboxylic acid groups (broad SMARTS) is 1. The molecule has 202 valence electrons. The van der Waals surface area contributed by atoms with Crippen LogP contribution in [0.2, 0.25) is 0 Å². The zero-order valence-corrected chi connectivity index (χ0v) is 21.7. The van der Waals surface area contributed by atoms with Crippen molar-refractivity contribution in [3.63, 3.8) is 0 Å². The molecule has 0 bridgehead atoms. The molecule has 2 N–H and O–H groups in total. The topological polar surface area (TPSA) is 114 Å². The number of aryl methyl sites for hydroxylation is 1. The molecule has 0 radical (unpaired) electrons. The molecule has 5 rings (SSSR count). The van der Waals surface area contributed by atoms with Gasteiger partial charge >= 0.3 is 12.1 Å². The number of carboxylic acids is 1. The molecule has 3 unspecified atom stereocenters. The first-order valence-corrected chi connectivity index (χ1v) is 12.9. The predicted octanol–water partition coefficient (Wildman–Crippen LogP) is 4.99. The quantitative estimate of drug-likeness (QED) is 0.482. The summed E-state index contributed by atoms with van der Waals surface area (Å²) < 4.78 is 26.6. The Morgan fingerprint density at radius 3 is 2.66 bits per heavy atom. The van der Waals surface area contributed by atoms with Crippen LogP contribution < -0.4 is 9.64 Å². The van der Waals surface area contributed by atoms with E-state index in [2.05, 4.69) is 0 Å². The third-order valence-corrected chi connectivity index (χ3v) is 7.94. The average Bonchev–Trinajstić information content (AvgIpc) is 3.32. The molecule has 1 aromatic heterocycles. The number of anilines is 1. The Morgan fingerprint density at radius 1 is 1.16 bits per heavy atom. The minimum Gasteiger partial charge on any atom is -0.496 e. The molecule has 1 aliphatic carbocycles. The number of aliphatic hydroxyl groups is 1. The Balaban J connectivity index is 1.72. The lowest BCUT2D eigenvalue weighted by molar-refractivity contribution is -0.143. The molecule has 9 nitrogen and oxygen atoms in total. The summed E-state index contributed by atoms with van der Waals surface area (Å²) >= 11 is 0. The number of ether oxygens (including phenoxy) is 2. The smallest absolute Gasteiger partial charge is 0.414 e. The van der Waals surface area contributed by atoms with E-state index in [9.17, 15) is 24.2 Å². The van der Waals surface area contributed by atoms with E-state index < -0.39 is 29.9 Å². The van der Waals surface area contributed by atoms with E-state index >= 15 is 0 Å². The number of aliphatic hydroxyl groups excluding tert-OH is 1. The maximum absolute atomic E-state index is 14.3. The summed E-state index contributed by atoms with van der Waals surface area (Å²) in [7, 11) is 2.79. The van der Waals surface area contributed by atoms with Crippen molar-refractivity contribution in [1.29, 1.82) is 0 Å². The van der Waals surface area contributed by atoms with Crippen molar-refractivity contribution in [2.75, 3.05) is 19.1 Å². The van der Waals surface area contributed by atoms with Gasteiger partial charge in [0, 0.05) is 23.2 Å². The van der Waals surface area contributed by atoms with Crippen molar-refractivity contribution in [3.8, 4) is 5.75 Å². The van der Waals surface area contributed by atoms with Crippen LogP contribution in [0.15, 0.2) is 30.3 Å². The van der Waals surface area contributed by atoms with E-state index in [1.165, 1.54) is 32.4 Å². The van der Waals surface area contributed by atoms with Gasteiger partial charge in [0.05, 0.1) is 36.9 Å². The number of imidazole rings is 1. The maximum atomic E-state index is 14.3. The normalized spacial score (nSPS) is 22.1. The van der Waals surface area contributed by atoms with Crippen LogP contribution in [0.3, 0.4) is 0 Å². The van der Waals surface area contributed by atoms with E-state index in [0.29, 0.717) is 42.6 Å². The van der Waals surface area contributed by atoms with Gasteiger partial charge in [-0.1, -0.05) is 6.42 Å². The van der Waals surface area contributed by atoms with Crippen molar-refractivity contribution in [3.05, 3.63) is 53.1 Å². The second-order valence-corrected chi connectivity index (χ2v) is 10.1. The highest BCUT2D eigenvalue weighted by Crippen LogP contribution is 2.43. The molecule has 2 aliphatic rings. The SMILES string of the molecule is COC(=O)N1c2ccc3c(nc(C(O)c4cc(F)ccc4OC)n3C3CCC[C@H](C(=O)O)C3)c2CCC1C. The Kier molecular flexibility index (Phi) is 7.00. The number of nitrogens with zero attached hydrogens (tertiary/aromatic N) is 3. The molecule has 1 amide bonds. The number of hydrogen-bond donors (Lipinski definition) is 2. The minimum atomic E-state index is -1.33. The van der Waals surface area contributed by atoms with Crippen molar-refractivity contribution in [1.82, 2.24) is 9.55 Å². The number of methoxy groups -OCH3 is 2. The summed E-state index contributed by atoms with van der Waals surface area (Å²) in [5.74, 6) is -1.26. The van der Waals surface area contributed by atoms with E-state index in [1.807, 2.05) is 23.6 Å². The first-order valence-electron chi connectivity index (χ1n) is 12.9. The summed E-state index contributed by atoms with van der Waals surface area (Å²) in [6.45, 7) is 1.96. The lowest BCUT2D eigenvalue weighted by atomic mass is 9.85. The van der Waals surface area contributed by atoms with Crippen LogP contribution in [0.5, 0.6) is 5.75 Å². The Morgan fingerprint density at radius 2 is 1.95 bits per heavy atom. The van der Waals surface area contributed by atoms with Gasteiger partial charge in [-0.2, -0.15) is 0 Å². The summed E-state index contributed by atoms with van der Waals surface area (Å²) in [6.07, 6.45) is 2.01. The number of fused-ring (bicyclic) bond motifs is 3. The van der Waals surface area contributed by atoms with E-state index in [0.717, 1.165) is 23.9 Å². The van der Waals surface area contributed by atoms with Crippen molar-refractivity contribution >= 4 is 28.8 Å². The van der Waals surface area contributed by atoms with Crippen molar-refractivity contribution < 1.29 is 33.7 Å². The van der Waals surface area contributed by atoms with Gasteiger partial charge in [0.15, 0.2) is 0 Å². The summed E-state index contributed by atoms with van der Waals surface area (Å²) in [6, 6.07) is 7.37. The molecule has 1 saturated carbocycles. The number of carbonyl (C=O) groups excluding carboxylic acids is 1. The van der Waals surface area contributed by atoms with E-state index in [-0.39, 0.29) is 23.5 Å². The van der Waals surface area contributed by atoms with Gasteiger partial charge in [-0.05, 0) is 69.4 Å². The number of aliphatic carboxylic acids is 1. The van der Waals surface area contributed by atoms with Crippen LogP contribution >= 0.6 is 0 Å².